The van der Waals surface area contributed by atoms with Gasteiger partial charge >= 0.3 is 11.9 Å². The number of rotatable bonds is 5. The van der Waals surface area contributed by atoms with Crippen molar-refractivity contribution in [3.05, 3.63) is 64.8 Å². The molecule has 0 unspecified atom stereocenters. The largest absolute Gasteiger partial charge is 0.416 e. The van der Waals surface area contributed by atoms with E-state index in [1.165, 1.54) is 0 Å². The SMILES string of the molecule is O=C(Cn1nc(-c2cccnc2)n(C2CC2)c1=O)Nc1ccc(C(F)(F)F)cc1. The molecule has 29 heavy (non-hydrogen) atoms. The highest BCUT2D eigenvalue weighted by Crippen LogP contribution is 2.36. The minimum atomic E-state index is -4.45. The van der Waals surface area contributed by atoms with Gasteiger partial charge in [-0.1, -0.05) is 0 Å². The first-order valence-corrected chi connectivity index (χ1v) is 8.90. The zero-order valence-electron chi connectivity index (χ0n) is 15.1. The molecule has 7 nitrogen and oxygen atoms in total. The number of anilines is 1. The Morgan fingerprint density at radius 3 is 2.48 bits per heavy atom. The number of hydrogen-bond donors (Lipinski definition) is 1. The number of nitrogens with one attached hydrogen (secondary N) is 1. The van der Waals surface area contributed by atoms with Crippen molar-refractivity contribution < 1.29 is 18.0 Å². The highest BCUT2D eigenvalue weighted by Gasteiger charge is 2.31. The third-order valence-corrected chi connectivity index (χ3v) is 4.49. The molecule has 0 radical (unpaired) electrons. The third kappa shape index (κ3) is 4.05. The first-order valence-electron chi connectivity index (χ1n) is 8.90. The average molecular weight is 403 g/mol. The molecule has 0 bridgehead atoms. The van der Waals surface area contributed by atoms with Crippen LogP contribution < -0.4 is 11.0 Å². The van der Waals surface area contributed by atoms with Crippen molar-refractivity contribution in [3.8, 4) is 11.4 Å². The summed E-state index contributed by atoms with van der Waals surface area (Å²) in [6.07, 6.45) is 0.465. The highest BCUT2D eigenvalue weighted by atomic mass is 19.4. The Kier molecular flexibility index (Phi) is 4.69. The second-order valence-electron chi connectivity index (χ2n) is 6.73. The number of hydrogen-bond acceptors (Lipinski definition) is 4. The Balaban J connectivity index is 1.54. The van der Waals surface area contributed by atoms with E-state index in [1.807, 2.05) is 0 Å². The molecule has 1 N–H and O–H groups in total. The van der Waals surface area contributed by atoms with E-state index in [0.29, 0.717) is 11.4 Å². The van der Waals surface area contributed by atoms with Gasteiger partial charge in [0.05, 0.1) is 5.56 Å². The monoisotopic (exact) mass is 403 g/mol. The van der Waals surface area contributed by atoms with Gasteiger partial charge in [-0.25, -0.2) is 9.48 Å². The van der Waals surface area contributed by atoms with Crippen molar-refractivity contribution in [2.45, 2.75) is 31.6 Å². The summed E-state index contributed by atoms with van der Waals surface area (Å²) in [5.74, 6) is -0.127. The number of pyridine rings is 1. The Morgan fingerprint density at radius 1 is 1.17 bits per heavy atom. The lowest BCUT2D eigenvalue weighted by molar-refractivity contribution is -0.137. The minimum absolute atomic E-state index is 0.0458. The maximum Gasteiger partial charge on any atom is 0.416 e. The summed E-state index contributed by atoms with van der Waals surface area (Å²) in [5.41, 5.74) is -0.353. The minimum Gasteiger partial charge on any atom is -0.324 e. The maximum atomic E-state index is 12.7. The van der Waals surface area contributed by atoms with E-state index in [0.717, 1.165) is 41.8 Å². The van der Waals surface area contributed by atoms with Crippen LogP contribution in [-0.2, 0) is 17.5 Å². The summed E-state index contributed by atoms with van der Waals surface area (Å²) in [7, 11) is 0. The molecular weight excluding hydrogens is 387 g/mol. The standard InChI is InChI=1S/C19H16F3N5O2/c20-19(21,22)13-3-5-14(6-4-13)24-16(28)11-26-18(29)27(15-7-8-15)17(25-26)12-2-1-9-23-10-12/h1-6,9-10,15H,7-8,11H2,(H,24,28). The first kappa shape index (κ1) is 18.9. The van der Waals surface area contributed by atoms with Crippen LogP contribution in [0.25, 0.3) is 11.4 Å². The summed E-state index contributed by atoms with van der Waals surface area (Å²) in [6.45, 7) is -0.354. The quantitative estimate of drug-likeness (QED) is 0.710. The molecule has 0 spiro atoms. The molecular formula is C19H16F3N5O2. The van der Waals surface area contributed by atoms with Gasteiger partial charge < -0.3 is 5.32 Å². The Hall–Kier alpha value is -3.43. The van der Waals surface area contributed by atoms with Crippen LogP contribution in [0.5, 0.6) is 0 Å². The summed E-state index contributed by atoms with van der Waals surface area (Å²) in [6, 6.07) is 7.63. The van der Waals surface area contributed by atoms with Gasteiger partial charge in [-0.05, 0) is 49.2 Å². The number of amides is 1. The van der Waals surface area contributed by atoms with E-state index in [1.54, 1.807) is 29.1 Å². The summed E-state index contributed by atoms with van der Waals surface area (Å²) in [4.78, 5) is 29.1. The van der Waals surface area contributed by atoms with Crippen LogP contribution in [0.1, 0.15) is 24.4 Å². The van der Waals surface area contributed by atoms with E-state index in [2.05, 4.69) is 15.4 Å². The zero-order chi connectivity index (χ0) is 20.6. The average Bonchev–Trinajstić information content (AvgIpc) is 3.47. The normalized spacial score (nSPS) is 14.0. The number of carbonyl (C=O) groups is 1. The van der Waals surface area contributed by atoms with E-state index in [-0.39, 0.29) is 18.3 Å². The number of aromatic nitrogens is 4. The van der Waals surface area contributed by atoms with Gasteiger partial charge in [0.25, 0.3) is 0 Å². The molecule has 0 saturated heterocycles. The Morgan fingerprint density at radius 2 is 1.90 bits per heavy atom. The molecule has 150 valence electrons. The molecule has 4 rings (SSSR count). The van der Waals surface area contributed by atoms with E-state index in [9.17, 15) is 22.8 Å². The van der Waals surface area contributed by atoms with E-state index < -0.39 is 23.3 Å². The smallest absolute Gasteiger partial charge is 0.324 e. The van der Waals surface area contributed by atoms with Crippen molar-refractivity contribution in [2.75, 3.05) is 5.32 Å². The van der Waals surface area contributed by atoms with Gasteiger partial charge in [-0.15, -0.1) is 5.10 Å². The number of halogens is 3. The lowest BCUT2D eigenvalue weighted by atomic mass is 10.2. The fourth-order valence-corrected chi connectivity index (χ4v) is 2.96. The molecule has 1 aromatic carbocycles. The van der Waals surface area contributed by atoms with Crippen molar-refractivity contribution in [3.63, 3.8) is 0 Å². The van der Waals surface area contributed by atoms with Crippen molar-refractivity contribution in [2.24, 2.45) is 0 Å². The topological polar surface area (TPSA) is 81.8 Å². The summed E-state index contributed by atoms with van der Waals surface area (Å²) in [5, 5.41) is 6.77. The Bertz CT molecular complexity index is 1080. The fourth-order valence-electron chi connectivity index (χ4n) is 2.96. The predicted octanol–water partition coefficient (Wildman–Crippen LogP) is 3.10. The molecule has 1 saturated carbocycles. The second kappa shape index (κ2) is 7.19. The number of carbonyl (C=O) groups excluding carboxylic acids is 1. The molecule has 2 heterocycles. The predicted molar refractivity (Wildman–Crippen MR) is 98.1 cm³/mol. The lowest BCUT2D eigenvalue weighted by Crippen LogP contribution is -2.30. The molecule has 0 atom stereocenters. The van der Waals surface area contributed by atoms with Crippen LogP contribution in [0, 0.1) is 0 Å². The van der Waals surface area contributed by atoms with E-state index in [4.69, 9.17) is 0 Å². The molecule has 1 fully saturated rings. The Labute approximate surface area is 162 Å². The highest BCUT2D eigenvalue weighted by molar-refractivity contribution is 5.90. The van der Waals surface area contributed by atoms with Crippen molar-refractivity contribution in [1.29, 1.82) is 0 Å². The van der Waals surface area contributed by atoms with Crippen molar-refractivity contribution >= 4 is 11.6 Å². The van der Waals surface area contributed by atoms with Gasteiger partial charge in [-0.3, -0.25) is 14.3 Å². The lowest BCUT2D eigenvalue weighted by Gasteiger charge is -2.08. The molecule has 1 aliphatic carbocycles. The zero-order valence-corrected chi connectivity index (χ0v) is 15.1. The first-order chi connectivity index (χ1) is 13.8. The molecule has 2 aromatic heterocycles. The molecule has 1 amide bonds. The van der Waals surface area contributed by atoms with Gasteiger partial charge in [0.1, 0.15) is 6.54 Å². The molecule has 1 aliphatic rings. The second-order valence-corrected chi connectivity index (χ2v) is 6.73. The summed E-state index contributed by atoms with van der Waals surface area (Å²) < 4.78 is 40.5. The maximum absolute atomic E-state index is 12.7. The van der Waals surface area contributed by atoms with Gasteiger partial charge in [-0.2, -0.15) is 13.2 Å². The molecule has 0 aliphatic heterocycles. The van der Waals surface area contributed by atoms with Crippen LogP contribution in [0.2, 0.25) is 0 Å². The number of alkyl halides is 3. The third-order valence-electron chi connectivity index (χ3n) is 4.49. The molecule has 3 aromatic rings. The van der Waals surface area contributed by atoms with Crippen LogP contribution in [0.4, 0.5) is 18.9 Å². The molecule has 10 heteroatoms. The van der Waals surface area contributed by atoms with Crippen LogP contribution in [0.3, 0.4) is 0 Å². The van der Waals surface area contributed by atoms with E-state index >= 15 is 0 Å². The van der Waals surface area contributed by atoms with Gasteiger partial charge in [0.15, 0.2) is 5.82 Å². The van der Waals surface area contributed by atoms with Crippen LogP contribution in [0.15, 0.2) is 53.6 Å². The fraction of sp³-hybridized carbons (Fsp3) is 0.263. The van der Waals surface area contributed by atoms with Crippen LogP contribution >= 0.6 is 0 Å². The number of nitrogens with zero attached hydrogens (tertiary/aromatic N) is 4. The summed E-state index contributed by atoms with van der Waals surface area (Å²) >= 11 is 0. The van der Waals surface area contributed by atoms with Crippen molar-refractivity contribution in [1.82, 2.24) is 19.3 Å². The van der Waals surface area contributed by atoms with Gasteiger partial charge in [0, 0.05) is 29.7 Å². The van der Waals surface area contributed by atoms with Gasteiger partial charge in [0.2, 0.25) is 5.91 Å². The number of benzene rings is 1. The van der Waals surface area contributed by atoms with Crippen LogP contribution in [-0.4, -0.2) is 25.2 Å².